The van der Waals surface area contributed by atoms with Crippen molar-refractivity contribution in [3.8, 4) is 11.5 Å². The lowest BCUT2D eigenvalue weighted by atomic mass is 10.2. The topological polar surface area (TPSA) is 94.0 Å². The van der Waals surface area contributed by atoms with Crippen LogP contribution in [-0.4, -0.2) is 64.9 Å². The van der Waals surface area contributed by atoms with E-state index in [0.717, 1.165) is 23.2 Å². The van der Waals surface area contributed by atoms with Gasteiger partial charge in [0.1, 0.15) is 0 Å². The Balaban J connectivity index is 1.20. The summed E-state index contributed by atoms with van der Waals surface area (Å²) in [4.78, 5) is 48.6. The van der Waals surface area contributed by atoms with Gasteiger partial charge in [0.2, 0.25) is 12.7 Å². The number of para-hydroxylation sites is 1. The van der Waals surface area contributed by atoms with Crippen LogP contribution >= 0.6 is 27.7 Å². The molecule has 11 heteroatoms. The van der Waals surface area contributed by atoms with Crippen LogP contribution in [0.15, 0.2) is 81.2 Å². The summed E-state index contributed by atoms with van der Waals surface area (Å²) in [6, 6.07) is 20.6. The second kappa shape index (κ2) is 12.0. The number of thioether (sulfide) groups is 1. The molecule has 0 bridgehead atoms. The number of ketones is 1. The number of carbonyl (C=O) groups is 2. The molecular weight excluding hydrogens is 608 g/mol. The number of aromatic nitrogens is 2. The van der Waals surface area contributed by atoms with Gasteiger partial charge in [0.05, 0.1) is 16.7 Å². The number of anilines is 1. The van der Waals surface area contributed by atoms with Gasteiger partial charge in [0.15, 0.2) is 22.4 Å². The fraction of sp³-hybridized carbons (Fsp3) is 0.267. The molecule has 0 unspecified atom stereocenters. The van der Waals surface area contributed by atoms with Crippen molar-refractivity contribution in [3.63, 3.8) is 0 Å². The first-order chi connectivity index (χ1) is 20.0. The van der Waals surface area contributed by atoms with E-state index in [1.807, 2.05) is 35.2 Å². The highest BCUT2D eigenvalue weighted by Gasteiger charge is 2.23. The Labute approximate surface area is 249 Å². The Bertz CT molecular complexity index is 1650. The predicted molar refractivity (Wildman–Crippen MR) is 161 cm³/mol. The lowest BCUT2D eigenvalue weighted by Crippen LogP contribution is -2.49. The highest BCUT2D eigenvalue weighted by Crippen LogP contribution is 2.35. The molecule has 2 aliphatic rings. The molecule has 0 N–H and O–H groups in total. The summed E-state index contributed by atoms with van der Waals surface area (Å²) in [5, 5.41) is 0.760. The van der Waals surface area contributed by atoms with E-state index < -0.39 is 0 Å². The zero-order valence-corrected chi connectivity index (χ0v) is 24.5. The third-order valence-electron chi connectivity index (χ3n) is 7.22. The first-order valence-corrected chi connectivity index (χ1v) is 15.1. The summed E-state index contributed by atoms with van der Waals surface area (Å²) in [6.07, 6.45) is 0.150. The quantitative estimate of drug-likeness (QED) is 0.158. The maximum absolute atomic E-state index is 13.7. The summed E-state index contributed by atoms with van der Waals surface area (Å²) < 4.78 is 13.3. The monoisotopic (exact) mass is 634 g/mol. The smallest absolute Gasteiger partial charge is 0.262 e. The molecule has 1 fully saturated rings. The third kappa shape index (κ3) is 5.96. The molecule has 0 radical (unpaired) electrons. The van der Waals surface area contributed by atoms with Gasteiger partial charge in [-0.3, -0.25) is 19.0 Å². The molecule has 3 heterocycles. The van der Waals surface area contributed by atoms with E-state index in [1.54, 1.807) is 24.3 Å². The SMILES string of the molecule is O=C(CSc1nc2cc3c(cc2c(=O)n1CCC(=O)N1CCN(c2ccccc2)CC1)OCO3)c1ccc(Br)cc1. The van der Waals surface area contributed by atoms with E-state index in [1.165, 1.54) is 16.3 Å². The van der Waals surface area contributed by atoms with Crippen molar-refractivity contribution >= 4 is 56.0 Å². The average Bonchev–Trinajstić information content (AvgIpc) is 3.47. The molecule has 0 atom stereocenters. The van der Waals surface area contributed by atoms with Crippen LogP contribution in [0.2, 0.25) is 0 Å². The number of piperazine rings is 1. The molecule has 9 nitrogen and oxygen atoms in total. The van der Waals surface area contributed by atoms with Crippen molar-refractivity contribution in [2.45, 2.75) is 18.1 Å². The number of nitrogens with zero attached hydrogens (tertiary/aromatic N) is 4. The Hall–Kier alpha value is -3.83. The fourth-order valence-corrected chi connectivity index (χ4v) is 6.15. The van der Waals surface area contributed by atoms with Crippen molar-refractivity contribution in [3.05, 3.63) is 87.1 Å². The zero-order chi connectivity index (χ0) is 28.3. The van der Waals surface area contributed by atoms with Gasteiger partial charge in [-0.2, -0.15) is 0 Å². The number of Topliss-reactive ketones (excluding diaryl/α,β-unsaturated/α-hetero) is 1. The largest absolute Gasteiger partial charge is 0.454 e. The lowest BCUT2D eigenvalue weighted by Gasteiger charge is -2.36. The van der Waals surface area contributed by atoms with Crippen LogP contribution in [0.3, 0.4) is 0 Å². The van der Waals surface area contributed by atoms with Gasteiger partial charge in [0, 0.05) is 60.9 Å². The fourth-order valence-electron chi connectivity index (χ4n) is 4.97. The van der Waals surface area contributed by atoms with Gasteiger partial charge >= 0.3 is 0 Å². The average molecular weight is 636 g/mol. The molecule has 1 saturated heterocycles. The van der Waals surface area contributed by atoms with Crippen LogP contribution in [-0.2, 0) is 11.3 Å². The minimum atomic E-state index is -0.284. The first kappa shape index (κ1) is 27.3. The summed E-state index contributed by atoms with van der Waals surface area (Å²) in [7, 11) is 0. The lowest BCUT2D eigenvalue weighted by molar-refractivity contribution is -0.131. The van der Waals surface area contributed by atoms with E-state index >= 15 is 0 Å². The minimum absolute atomic E-state index is 0.0164. The molecule has 2 aliphatic heterocycles. The van der Waals surface area contributed by atoms with Crippen molar-refractivity contribution in [1.29, 1.82) is 0 Å². The maximum atomic E-state index is 13.7. The number of fused-ring (bicyclic) bond motifs is 2. The summed E-state index contributed by atoms with van der Waals surface area (Å²) in [5.74, 6) is 1.01. The van der Waals surface area contributed by atoms with Gasteiger partial charge in [-0.15, -0.1) is 0 Å². The maximum Gasteiger partial charge on any atom is 0.262 e. The Morgan fingerprint density at radius 1 is 0.927 bits per heavy atom. The number of rotatable bonds is 8. The van der Waals surface area contributed by atoms with Crippen LogP contribution in [0, 0.1) is 0 Å². The van der Waals surface area contributed by atoms with Gasteiger partial charge in [0.25, 0.3) is 5.56 Å². The van der Waals surface area contributed by atoms with Gasteiger partial charge in [-0.05, 0) is 30.3 Å². The normalized spacial score (nSPS) is 14.5. The Kier molecular flexibility index (Phi) is 7.97. The van der Waals surface area contributed by atoms with Crippen LogP contribution in [0.5, 0.6) is 11.5 Å². The molecule has 3 aromatic carbocycles. The molecule has 1 aromatic heterocycles. The molecule has 41 heavy (non-hydrogen) atoms. The summed E-state index contributed by atoms with van der Waals surface area (Å²) >= 11 is 4.57. The van der Waals surface area contributed by atoms with E-state index in [2.05, 4.69) is 33.0 Å². The van der Waals surface area contributed by atoms with Crippen LogP contribution in [0.25, 0.3) is 10.9 Å². The van der Waals surface area contributed by atoms with E-state index in [9.17, 15) is 14.4 Å². The van der Waals surface area contributed by atoms with Crippen molar-refractivity contribution in [2.75, 3.05) is 43.6 Å². The Morgan fingerprint density at radius 3 is 2.37 bits per heavy atom. The molecular formula is C30H27BrN4O5S. The molecule has 210 valence electrons. The van der Waals surface area contributed by atoms with Crippen molar-refractivity contribution in [2.24, 2.45) is 0 Å². The number of hydrogen-bond donors (Lipinski definition) is 0. The van der Waals surface area contributed by atoms with Crippen molar-refractivity contribution in [1.82, 2.24) is 14.5 Å². The number of carbonyl (C=O) groups excluding carboxylic acids is 2. The van der Waals surface area contributed by atoms with Gasteiger partial charge in [-0.25, -0.2) is 4.98 Å². The number of halogens is 1. The first-order valence-electron chi connectivity index (χ1n) is 13.3. The molecule has 0 spiro atoms. The van der Waals surface area contributed by atoms with E-state index in [-0.39, 0.29) is 42.8 Å². The summed E-state index contributed by atoms with van der Waals surface area (Å²) in [6.45, 7) is 2.97. The number of benzene rings is 3. The second-order valence-corrected chi connectivity index (χ2v) is 11.6. The van der Waals surface area contributed by atoms with Crippen molar-refractivity contribution < 1.29 is 19.1 Å². The van der Waals surface area contributed by atoms with Crippen LogP contribution < -0.4 is 19.9 Å². The summed E-state index contributed by atoms with van der Waals surface area (Å²) in [5.41, 5.74) is 1.89. The van der Waals surface area contributed by atoms with E-state index in [0.29, 0.717) is 46.2 Å². The number of ether oxygens (including phenoxy) is 2. The van der Waals surface area contributed by atoms with Gasteiger partial charge < -0.3 is 19.3 Å². The molecule has 0 saturated carbocycles. The zero-order valence-electron chi connectivity index (χ0n) is 22.1. The minimum Gasteiger partial charge on any atom is -0.454 e. The molecule has 1 amide bonds. The molecule has 6 rings (SSSR count). The second-order valence-electron chi connectivity index (χ2n) is 9.75. The third-order valence-corrected chi connectivity index (χ3v) is 8.72. The molecule has 4 aromatic rings. The predicted octanol–water partition coefficient (Wildman–Crippen LogP) is 4.60. The highest BCUT2D eigenvalue weighted by molar-refractivity contribution is 9.10. The number of amides is 1. The van der Waals surface area contributed by atoms with Crippen LogP contribution in [0.4, 0.5) is 5.69 Å². The molecule has 0 aliphatic carbocycles. The van der Waals surface area contributed by atoms with E-state index in [4.69, 9.17) is 14.5 Å². The highest BCUT2D eigenvalue weighted by atomic mass is 79.9. The Morgan fingerprint density at radius 2 is 1.63 bits per heavy atom. The number of hydrogen-bond acceptors (Lipinski definition) is 8. The van der Waals surface area contributed by atoms with Crippen LogP contribution in [0.1, 0.15) is 16.8 Å². The standard InChI is InChI=1S/C30H27BrN4O5S/c31-21-8-6-20(7-9-21)25(36)18-41-30-32-24-17-27-26(39-19-40-27)16-23(24)29(38)35(30)11-10-28(37)34-14-12-33(13-15-34)22-4-2-1-3-5-22/h1-9,16-17H,10-15,18-19H2. The van der Waals surface area contributed by atoms with Gasteiger partial charge in [-0.1, -0.05) is 58.0 Å².